The summed E-state index contributed by atoms with van der Waals surface area (Å²) in [6.07, 6.45) is 4.42. The zero-order valence-electron chi connectivity index (χ0n) is 23.9. The monoisotopic (exact) mass is 581 g/mol. The van der Waals surface area contributed by atoms with E-state index in [9.17, 15) is 14.4 Å². The number of carbonyl (C=O) groups excluding carboxylic acids is 1. The molecule has 4 heterocycles. The molecule has 220 valence electrons. The predicted molar refractivity (Wildman–Crippen MR) is 158 cm³/mol. The lowest BCUT2D eigenvalue weighted by Crippen LogP contribution is -2.45. The fraction of sp³-hybridized carbons (Fsp3) is 0.387. The molecule has 1 amide bonds. The van der Waals surface area contributed by atoms with Crippen molar-refractivity contribution in [1.29, 1.82) is 5.26 Å². The van der Waals surface area contributed by atoms with Crippen molar-refractivity contribution in [2.24, 2.45) is 18.7 Å². The van der Waals surface area contributed by atoms with E-state index in [1.807, 2.05) is 31.3 Å². The third kappa shape index (κ3) is 4.89. The van der Waals surface area contributed by atoms with Crippen molar-refractivity contribution in [3.05, 3.63) is 59.7 Å². The molecule has 1 aliphatic carbocycles. The van der Waals surface area contributed by atoms with E-state index in [1.165, 1.54) is 23.9 Å². The molecule has 5 aromatic rings. The van der Waals surface area contributed by atoms with Gasteiger partial charge in [0.1, 0.15) is 31.4 Å². The lowest BCUT2D eigenvalue weighted by Gasteiger charge is -2.30. The second kappa shape index (κ2) is 10.8. The number of benzene rings is 2. The minimum Gasteiger partial charge on any atom is -0.489 e. The van der Waals surface area contributed by atoms with E-state index in [2.05, 4.69) is 37.4 Å². The average Bonchev–Trinajstić information content (AvgIpc) is 3.45. The van der Waals surface area contributed by atoms with Crippen LogP contribution >= 0.6 is 0 Å². The molecule has 2 aliphatic rings. The Bertz CT molecular complexity index is 1890. The van der Waals surface area contributed by atoms with Gasteiger partial charge in [0, 0.05) is 37.6 Å². The van der Waals surface area contributed by atoms with Crippen LogP contribution in [0.3, 0.4) is 0 Å². The van der Waals surface area contributed by atoms with Crippen LogP contribution in [0.5, 0.6) is 5.75 Å². The highest BCUT2D eigenvalue weighted by atomic mass is 19.1. The summed E-state index contributed by atoms with van der Waals surface area (Å²) >= 11 is 0. The molecule has 0 radical (unpaired) electrons. The number of imidazole rings is 1. The molecule has 1 atom stereocenters. The van der Waals surface area contributed by atoms with Crippen LogP contribution in [0, 0.1) is 17.2 Å². The number of para-hydroxylation sites is 1. The molecule has 2 N–H and O–H groups in total. The number of amides is 1. The second-order valence-corrected chi connectivity index (χ2v) is 11.5. The maximum atomic E-state index is 13.3. The van der Waals surface area contributed by atoms with Crippen LogP contribution in [0.4, 0.5) is 4.39 Å². The molecule has 2 aromatic carbocycles. The molecule has 11 nitrogen and oxygen atoms in total. The fourth-order valence-corrected chi connectivity index (χ4v) is 6.05. The lowest BCUT2D eigenvalue weighted by atomic mass is 9.97. The Labute approximate surface area is 247 Å². The Hall–Kier alpha value is -4.76. The molecule has 0 saturated heterocycles. The molecule has 0 bridgehead atoms. The Kier molecular flexibility index (Phi) is 6.82. The van der Waals surface area contributed by atoms with E-state index in [-0.39, 0.29) is 18.3 Å². The Balaban J connectivity index is 1.26. The van der Waals surface area contributed by atoms with Crippen LogP contribution < -0.4 is 10.5 Å². The maximum absolute atomic E-state index is 13.3. The third-order valence-electron chi connectivity index (χ3n) is 8.45. The van der Waals surface area contributed by atoms with Gasteiger partial charge in [0.2, 0.25) is 5.82 Å². The average molecular weight is 582 g/mol. The molecule has 1 saturated carbocycles. The van der Waals surface area contributed by atoms with Crippen LogP contribution in [-0.2, 0) is 26.6 Å². The first kappa shape index (κ1) is 27.1. The van der Waals surface area contributed by atoms with Crippen molar-refractivity contribution in [3.8, 4) is 23.3 Å². The molecule has 0 unspecified atom stereocenters. The standard InChI is InChI=1S/C31H32FN9O2/c1-38-25-11-20-7-8-39(17-22(34)14-32)31(42)23(20)13-24(25)37-30(38)26-12-21-3-2-4-27(29(21)40(26)16-19-5-6-19)43-10-9-41-28(15-33)35-18-36-41/h2-4,11-13,18-19,22H,5-10,14,16-17,34H2,1H3/t22-/m1/s1. The summed E-state index contributed by atoms with van der Waals surface area (Å²) in [7, 11) is 2.01. The van der Waals surface area contributed by atoms with Gasteiger partial charge in [-0.15, -0.1) is 0 Å². The smallest absolute Gasteiger partial charge is 0.254 e. The van der Waals surface area contributed by atoms with Gasteiger partial charge in [-0.2, -0.15) is 10.4 Å². The molecular formula is C31H32FN9O2. The van der Waals surface area contributed by atoms with E-state index in [0.29, 0.717) is 37.6 Å². The Morgan fingerprint density at radius 3 is 2.91 bits per heavy atom. The number of nitrogens with zero attached hydrogens (tertiary/aromatic N) is 8. The highest BCUT2D eigenvalue weighted by Crippen LogP contribution is 2.39. The van der Waals surface area contributed by atoms with Gasteiger partial charge >= 0.3 is 0 Å². The lowest BCUT2D eigenvalue weighted by molar-refractivity contribution is 0.0725. The van der Waals surface area contributed by atoms with Crippen molar-refractivity contribution in [1.82, 2.24) is 33.8 Å². The number of rotatable bonds is 10. The van der Waals surface area contributed by atoms with E-state index < -0.39 is 12.7 Å². The van der Waals surface area contributed by atoms with Gasteiger partial charge in [0.25, 0.3) is 5.91 Å². The minimum atomic E-state index is -0.685. The number of fused-ring (bicyclic) bond motifs is 3. The van der Waals surface area contributed by atoms with Gasteiger partial charge in [0.05, 0.1) is 34.8 Å². The summed E-state index contributed by atoms with van der Waals surface area (Å²) in [5.41, 5.74) is 11.1. The number of aryl methyl sites for hydroxylation is 1. The number of halogens is 1. The molecule has 3 aromatic heterocycles. The van der Waals surface area contributed by atoms with Crippen molar-refractivity contribution < 1.29 is 13.9 Å². The topological polar surface area (TPSA) is 133 Å². The van der Waals surface area contributed by atoms with Gasteiger partial charge < -0.3 is 24.5 Å². The van der Waals surface area contributed by atoms with Gasteiger partial charge in [-0.1, -0.05) is 12.1 Å². The number of nitriles is 1. The molecule has 1 fully saturated rings. The van der Waals surface area contributed by atoms with Crippen molar-refractivity contribution in [2.45, 2.75) is 38.4 Å². The number of carbonyl (C=O) groups is 1. The third-order valence-corrected chi connectivity index (χ3v) is 8.45. The molecule has 12 heteroatoms. The fourth-order valence-electron chi connectivity index (χ4n) is 6.05. The first-order valence-electron chi connectivity index (χ1n) is 14.6. The summed E-state index contributed by atoms with van der Waals surface area (Å²) in [5.74, 6) is 2.29. The van der Waals surface area contributed by atoms with Crippen LogP contribution in [-0.4, -0.2) is 72.1 Å². The summed E-state index contributed by atoms with van der Waals surface area (Å²) < 4.78 is 25.3. The Morgan fingerprint density at radius 2 is 2.12 bits per heavy atom. The molecular weight excluding hydrogens is 549 g/mol. The predicted octanol–water partition coefficient (Wildman–Crippen LogP) is 3.44. The first-order valence-corrected chi connectivity index (χ1v) is 14.6. The Morgan fingerprint density at radius 1 is 1.26 bits per heavy atom. The number of nitrogens with two attached hydrogens (primary N) is 1. The maximum Gasteiger partial charge on any atom is 0.254 e. The van der Waals surface area contributed by atoms with Crippen molar-refractivity contribution >= 4 is 27.8 Å². The number of aromatic nitrogens is 6. The molecule has 43 heavy (non-hydrogen) atoms. The summed E-state index contributed by atoms with van der Waals surface area (Å²) in [4.78, 5) is 23.9. The van der Waals surface area contributed by atoms with Gasteiger partial charge in [-0.25, -0.2) is 19.0 Å². The van der Waals surface area contributed by atoms with E-state index in [0.717, 1.165) is 51.3 Å². The number of hydrogen-bond donors (Lipinski definition) is 1. The van der Waals surface area contributed by atoms with Crippen LogP contribution in [0.15, 0.2) is 42.7 Å². The highest BCUT2D eigenvalue weighted by molar-refractivity contribution is 6.01. The van der Waals surface area contributed by atoms with Crippen molar-refractivity contribution in [2.75, 3.05) is 26.4 Å². The second-order valence-electron chi connectivity index (χ2n) is 11.5. The summed E-state index contributed by atoms with van der Waals surface area (Å²) in [5, 5.41) is 14.4. The number of ether oxygens (including phenoxy) is 1. The number of hydrogen-bond acceptors (Lipinski definition) is 7. The SMILES string of the molecule is Cn1c(-c2cc3cccc(OCCn4ncnc4C#N)c3n2CC2CC2)nc2cc3c(cc21)CCN(C[C@H](N)CF)C3=O. The van der Waals surface area contributed by atoms with Gasteiger partial charge in [-0.3, -0.25) is 4.79 Å². The molecule has 0 spiro atoms. The van der Waals surface area contributed by atoms with Gasteiger partial charge in [0.15, 0.2) is 5.82 Å². The van der Waals surface area contributed by atoms with E-state index >= 15 is 0 Å². The van der Waals surface area contributed by atoms with Crippen molar-refractivity contribution in [3.63, 3.8) is 0 Å². The van der Waals surface area contributed by atoms with E-state index in [4.69, 9.17) is 15.5 Å². The largest absolute Gasteiger partial charge is 0.489 e. The zero-order valence-corrected chi connectivity index (χ0v) is 23.9. The zero-order chi connectivity index (χ0) is 29.7. The summed E-state index contributed by atoms with van der Waals surface area (Å²) in [6.45, 7) is 1.64. The first-order chi connectivity index (χ1) is 20.9. The van der Waals surface area contributed by atoms with Gasteiger partial charge in [-0.05, 0) is 55.0 Å². The molecule has 1 aliphatic heterocycles. The quantitative estimate of drug-likeness (QED) is 0.267. The van der Waals surface area contributed by atoms with Crippen LogP contribution in [0.1, 0.15) is 34.6 Å². The minimum absolute atomic E-state index is 0.128. The highest BCUT2D eigenvalue weighted by Gasteiger charge is 2.29. The van der Waals surface area contributed by atoms with Crippen LogP contribution in [0.25, 0.3) is 33.5 Å². The van der Waals surface area contributed by atoms with E-state index in [1.54, 1.807) is 4.90 Å². The summed E-state index contributed by atoms with van der Waals surface area (Å²) in [6, 6.07) is 13.5. The molecule has 7 rings (SSSR count). The van der Waals surface area contributed by atoms with Crippen LogP contribution in [0.2, 0.25) is 0 Å². The normalized spacial score (nSPS) is 15.7. The number of alkyl halides is 1.